The molecule has 3 aromatic heterocycles. The summed E-state index contributed by atoms with van der Waals surface area (Å²) in [7, 11) is 0. The Morgan fingerprint density at radius 2 is 1.81 bits per heavy atom. The van der Waals surface area contributed by atoms with Crippen LogP contribution in [0.15, 0.2) is 59.4 Å². The number of hydrogen-bond acceptors (Lipinski definition) is 5. The van der Waals surface area contributed by atoms with Crippen molar-refractivity contribution in [2.75, 3.05) is 0 Å². The molecule has 1 aromatic carbocycles. The van der Waals surface area contributed by atoms with E-state index in [1.807, 2.05) is 42.5 Å². The molecule has 21 heavy (non-hydrogen) atoms. The van der Waals surface area contributed by atoms with Crippen LogP contribution in [0.1, 0.15) is 17.4 Å². The molecule has 5 heteroatoms. The van der Waals surface area contributed by atoms with Crippen LogP contribution >= 0.6 is 0 Å². The van der Waals surface area contributed by atoms with Gasteiger partial charge in [0.05, 0.1) is 11.7 Å². The fourth-order valence-electron chi connectivity index (χ4n) is 2.46. The summed E-state index contributed by atoms with van der Waals surface area (Å²) in [6.45, 7) is 0. The van der Waals surface area contributed by atoms with E-state index in [1.54, 1.807) is 6.20 Å². The van der Waals surface area contributed by atoms with Crippen LogP contribution in [0.2, 0.25) is 0 Å². The third-order valence-corrected chi connectivity index (χ3v) is 3.49. The third kappa shape index (κ3) is 1.86. The second kappa shape index (κ2) is 4.64. The van der Waals surface area contributed by atoms with Crippen LogP contribution in [0, 0.1) is 0 Å². The molecule has 0 radical (unpaired) electrons. The molecular weight excluding hydrogens is 264 g/mol. The Bertz CT molecular complexity index is 917. The quantitative estimate of drug-likeness (QED) is 0.609. The van der Waals surface area contributed by atoms with Gasteiger partial charge in [-0.05, 0) is 24.3 Å². The van der Waals surface area contributed by atoms with Gasteiger partial charge in [-0.3, -0.25) is 4.98 Å². The molecule has 4 rings (SSSR count). The van der Waals surface area contributed by atoms with Gasteiger partial charge in [0, 0.05) is 11.6 Å². The first-order chi connectivity index (χ1) is 10.3. The summed E-state index contributed by atoms with van der Waals surface area (Å²) < 4.78 is 5.89. The van der Waals surface area contributed by atoms with Crippen LogP contribution in [0.3, 0.4) is 0 Å². The Morgan fingerprint density at radius 1 is 0.952 bits per heavy atom. The highest BCUT2D eigenvalue weighted by Crippen LogP contribution is 2.31. The first kappa shape index (κ1) is 12.0. The Hall–Kier alpha value is -2.79. The SMILES string of the molecule is NC(c1ccccn1)c1ncnc2c1oc1ccccc12. The molecule has 0 aliphatic carbocycles. The molecule has 102 valence electrons. The second-order valence-electron chi connectivity index (χ2n) is 4.77. The van der Waals surface area contributed by atoms with E-state index in [0.29, 0.717) is 11.3 Å². The number of benzene rings is 1. The second-order valence-corrected chi connectivity index (χ2v) is 4.77. The van der Waals surface area contributed by atoms with Crippen molar-refractivity contribution in [1.29, 1.82) is 0 Å². The van der Waals surface area contributed by atoms with E-state index in [1.165, 1.54) is 6.33 Å². The summed E-state index contributed by atoms with van der Waals surface area (Å²) in [6.07, 6.45) is 3.23. The van der Waals surface area contributed by atoms with Crippen LogP contribution in [-0.2, 0) is 0 Å². The van der Waals surface area contributed by atoms with Crippen molar-refractivity contribution in [1.82, 2.24) is 15.0 Å². The lowest BCUT2D eigenvalue weighted by atomic mass is 10.1. The van der Waals surface area contributed by atoms with Crippen molar-refractivity contribution in [2.45, 2.75) is 6.04 Å². The molecule has 1 atom stereocenters. The Kier molecular flexibility index (Phi) is 2.65. The minimum atomic E-state index is -0.447. The van der Waals surface area contributed by atoms with Gasteiger partial charge in [0.1, 0.15) is 23.1 Å². The molecule has 0 aliphatic heterocycles. The van der Waals surface area contributed by atoms with Crippen LogP contribution in [0.5, 0.6) is 0 Å². The molecule has 0 bridgehead atoms. The lowest BCUT2D eigenvalue weighted by Crippen LogP contribution is -2.15. The fraction of sp³-hybridized carbons (Fsp3) is 0.0625. The molecule has 0 spiro atoms. The maximum Gasteiger partial charge on any atom is 0.177 e. The van der Waals surface area contributed by atoms with Crippen molar-refractivity contribution in [2.24, 2.45) is 5.73 Å². The van der Waals surface area contributed by atoms with Crippen LogP contribution in [0.25, 0.3) is 22.1 Å². The topological polar surface area (TPSA) is 77.8 Å². The largest absolute Gasteiger partial charge is 0.452 e. The Balaban J connectivity index is 1.97. The molecule has 4 aromatic rings. The highest BCUT2D eigenvalue weighted by Gasteiger charge is 2.19. The molecule has 5 nitrogen and oxygen atoms in total. The molecule has 0 fully saturated rings. The zero-order valence-electron chi connectivity index (χ0n) is 11.1. The van der Waals surface area contributed by atoms with Crippen LogP contribution in [0.4, 0.5) is 0 Å². The predicted molar refractivity (Wildman–Crippen MR) is 79.6 cm³/mol. The number of furan rings is 1. The van der Waals surface area contributed by atoms with Gasteiger partial charge in [0.2, 0.25) is 0 Å². The van der Waals surface area contributed by atoms with Crippen molar-refractivity contribution < 1.29 is 4.42 Å². The van der Waals surface area contributed by atoms with E-state index in [0.717, 1.165) is 22.2 Å². The lowest BCUT2D eigenvalue weighted by Gasteiger charge is -2.09. The zero-order chi connectivity index (χ0) is 14.2. The number of nitrogens with two attached hydrogens (primary N) is 1. The number of hydrogen-bond donors (Lipinski definition) is 1. The molecule has 0 amide bonds. The number of pyridine rings is 1. The Labute approximate surface area is 120 Å². The van der Waals surface area contributed by atoms with E-state index in [-0.39, 0.29) is 0 Å². The molecule has 2 N–H and O–H groups in total. The maximum atomic E-state index is 6.29. The first-order valence-electron chi connectivity index (χ1n) is 6.63. The van der Waals surface area contributed by atoms with Gasteiger partial charge >= 0.3 is 0 Å². The zero-order valence-corrected chi connectivity index (χ0v) is 11.1. The first-order valence-corrected chi connectivity index (χ1v) is 6.63. The number of nitrogens with zero attached hydrogens (tertiary/aromatic N) is 3. The predicted octanol–water partition coefficient (Wildman–Crippen LogP) is 2.82. The molecule has 0 saturated heterocycles. The number of para-hydroxylation sites is 1. The molecule has 1 unspecified atom stereocenters. The van der Waals surface area contributed by atoms with Crippen molar-refractivity contribution in [3.05, 3.63) is 66.4 Å². The summed E-state index contributed by atoms with van der Waals surface area (Å²) >= 11 is 0. The molecule has 0 saturated carbocycles. The van der Waals surface area contributed by atoms with E-state index >= 15 is 0 Å². The highest BCUT2D eigenvalue weighted by molar-refractivity contribution is 6.02. The molecule has 0 aliphatic rings. The summed E-state index contributed by atoms with van der Waals surface area (Å²) in [5.41, 5.74) is 9.87. The number of rotatable bonds is 2. The monoisotopic (exact) mass is 276 g/mol. The molecule has 3 heterocycles. The van der Waals surface area contributed by atoms with Crippen LogP contribution < -0.4 is 5.73 Å². The van der Waals surface area contributed by atoms with E-state index in [4.69, 9.17) is 10.2 Å². The van der Waals surface area contributed by atoms with Gasteiger partial charge in [-0.15, -0.1) is 0 Å². The van der Waals surface area contributed by atoms with Gasteiger partial charge in [0.25, 0.3) is 0 Å². The van der Waals surface area contributed by atoms with Crippen molar-refractivity contribution in [3.8, 4) is 0 Å². The standard InChI is InChI=1S/C16H12N4O/c17-13(11-6-3-4-8-18-11)15-16-14(19-9-20-15)10-5-1-2-7-12(10)21-16/h1-9,13H,17H2. The smallest absolute Gasteiger partial charge is 0.177 e. The fourth-order valence-corrected chi connectivity index (χ4v) is 2.46. The van der Waals surface area contributed by atoms with E-state index in [2.05, 4.69) is 15.0 Å². The van der Waals surface area contributed by atoms with Gasteiger partial charge in [-0.2, -0.15) is 0 Å². The van der Waals surface area contributed by atoms with Crippen LogP contribution in [-0.4, -0.2) is 15.0 Å². The summed E-state index contributed by atoms with van der Waals surface area (Å²) in [5.74, 6) is 0. The average Bonchev–Trinajstić information content (AvgIpc) is 2.94. The van der Waals surface area contributed by atoms with Gasteiger partial charge in [-0.25, -0.2) is 9.97 Å². The average molecular weight is 276 g/mol. The van der Waals surface area contributed by atoms with Gasteiger partial charge < -0.3 is 10.2 Å². The minimum Gasteiger partial charge on any atom is -0.452 e. The van der Waals surface area contributed by atoms with E-state index in [9.17, 15) is 0 Å². The molecular formula is C16H12N4O. The highest BCUT2D eigenvalue weighted by atomic mass is 16.3. The number of fused-ring (bicyclic) bond motifs is 3. The van der Waals surface area contributed by atoms with Gasteiger partial charge in [-0.1, -0.05) is 18.2 Å². The maximum absolute atomic E-state index is 6.29. The summed E-state index contributed by atoms with van der Waals surface area (Å²) in [6, 6.07) is 13.0. The van der Waals surface area contributed by atoms with E-state index < -0.39 is 6.04 Å². The minimum absolute atomic E-state index is 0.447. The summed E-state index contributed by atoms with van der Waals surface area (Å²) in [4.78, 5) is 12.9. The Morgan fingerprint density at radius 3 is 2.67 bits per heavy atom. The lowest BCUT2D eigenvalue weighted by molar-refractivity contribution is 0.647. The van der Waals surface area contributed by atoms with Gasteiger partial charge in [0.15, 0.2) is 5.58 Å². The van der Waals surface area contributed by atoms with Crippen molar-refractivity contribution in [3.63, 3.8) is 0 Å². The van der Waals surface area contributed by atoms with Crippen molar-refractivity contribution >= 4 is 22.1 Å². The normalized spacial score (nSPS) is 12.8. The number of aromatic nitrogens is 3. The summed E-state index contributed by atoms with van der Waals surface area (Å²) in [5, 5.41) is 0.962. The third-order valence-electron chi connectivity index (χ3n) is 3.49.